The molecule has 0 amide bonds. The Morgan fingerprint density at radius 3 is 2.24 bits per heavy atom. The van der Waals surface area contributed by atoms with E-state index in [4.69, 9.17) is 5.26 Å². The van der Waals surface area contributed by atoms with Crippen molar-refractivity contribution in [2.75, 3.05) is 6.54 Å². The minimum Gasteiger partial charge on any atom is -0.388 e. The highest BCUT2D eigenvalue weighted by Gasteiger charge is 2.49. The predicted molar refractivity (Wildman–Crippen MR) is 67.9 cm³/mol. The summed E-state index contributed by atoms with van der Waals surface area (Å²) >= 11 is 0. The summed E-state index contributed by atoms with van der Waals surface area (Å²) in [5.41, 5.74) is 1.24. The average Bonchev–Trinajstić information content (AvgIpc) is 2.28. The van der Waals surface area contributed by atoms with Crippen LogP contribution < -0.4 is 5.32 Å². The van der Waals surface area contributed by atoms with E-state index in [2.05, 4.69) is 18.3 Å². The van der Waals surface area contributed by atoms with Crippen LogP contribution in [-0.2, 0) is 0 Å². The van der Waals surface area contributed by atoms with Crippen LogP contribution in [0.3, 0.4) is 0 Å². The third-order valence-electron chi connectivity index (χ3n) is 5.19. The molecule has 0 aliphatic heterocycles. The number of hydrogen-bond donors (Lipinski definition) is 1. The maximum absolute atomic E-state index is 8.95. The third-order valence-corrected chi connectivity index (χ3v) is 5.19. The summed E-state index contributed by atoms with van der Waals surface area (Å²) in [4.78, 5) is 0. The summed E-state index contributed by atoms with van der Waals surface area (Å²) in [6, 6.07) is 2.24. The number of nitrogens with zero attached hydrogens (tertiary/aromatic N) is 1. The molecule has 2 heteroatoms. The van der Waals surface area contributed by atoms with Gasteiger partial charge >= 0.3 is 0 Å². The van der Waals surface area contributed by atoms with Crippen molar-refractivity contribution in [1.29, 1.82) is 5.26 Å². The molecule has 4 fully saturated rings. The van der Waals surface area contributed by atoms with Crippen LogP contribution in [0.4, 0.5) is 0 Å². The van der Waals surface area contributed by atoms with Gasteiger partial charge in [-0.05, 0) is 62.7 Å². The summed E-state index contributed by atoms with van der Waals surface area (Å²) in [6.45, 7) is 3.07. The molecule has 0 aromatic rings. The van der Waals surface area contributed by atoms with Gasteiger partial charge in [0.1, 0.15) is 0 Å². The van der Waals surface area contributed by atoms with Crippen LogP contribution >= 0.6 is 0 Å². The number of rotatable bonds is 3. The SMILES string of the molecule is CCN/C(=C\C#N)C1C2CC3CC(C2)CC1C3. The number of nitrogens with one attached hydrogen (secondary N) is 1. The molecule has 2 nitrogen and oxygen atoms in total. The molecule has 0 atom stereocenters. The molecule has 4 aliphatic carbocycles. The normalized spacial score (nSPS) is 43.5. The Balaban J connectivity index is 1.83. The molecule has 1 N–H and O–H groups in total. The first-order valence-electron chi connectivity index (χ1n) is 7.15. The van der Waals surface area contributed by atoms with E-state index < -0.39 is 0 Å². The molecular weight excluding hydrogens is 208 g/mol. The largest absolute Gasteiger partial charge is 0.388 e. The zero-order chi connectivity index (χ0) is 11.8. The molecule has 4 saturated carbocycles. The van der Waals surface area contributed by atoms with Gasteiger partial charge in [0.05, 0.1) is 6.07 Å². The Bertz CT molecular complexity index is 336. The summed E-state index contributed by atoms with van der Waals surface area (Å²) in [6.07, 6.45) is 8.96. The lowest BCUT2D eigenvalue weighted by molar-refractivity contribution is -0.0230. The van der Waals surface area contributed by atoms with E-state index in [1.54, 1.807) is 6.08 Å². The number of hydrogen-bond acceptors (Lipinski definition) is 2. The first-order valence-corrected chi connectivity index (χ1v) is 7.15. The quantitative estimate of drug-likeness (QED) is 0.756. The van der Waals surface area contributed by atoms with Gasteiger partial charge in [-0.3, -0.25) is 0 Å². The van der Waals surface area contributed by atoms with Gasteiger partial charge in [0.25, 0.3) is 0 Å². The van der Waals surface area contributed by atoms with E-state index in [-0.39, 0.29) is 0 Å². The Labute approximate surface area is 104 Å². The second kappa shape index (κ2) is 4.37. The lowest BCUT2D eigenvalue weighted by Crippen LogP contribution is -2.47. The minimum absolute atomic E-state index is 0.669. The van der Waals surface area contributed by atoms with Crippen LogP contribution in [0.25, 0.3) is 0 Å². The Morgan fingerprint density at radius 2 is 1.76 bits per heavy atom. The monoisotopic (exact) mass is 230 g/mol. The van der Waals surface area contributed by atoms with E-state index in [1.807, 2.05) is 0 Å². The van der Waals surface area contributed by atoms with Gasteiger partial charge in [-0.1, -0.05) is 0 Å². The summed E-state index contributed by atoms with van der Waals surface area (Å²) in [5.74, 6) is 4.43. The molecule has 0 radical (unpaired) electrons. The smallest absolute Gasteiger partial charge is 0.0930 e. The number of allylic oxidation sites excluding steroid dienone is 2. The fourth-order valence-corrected chi connectivity index (χ4v) is 4.97. The minimum atomic E-state index is 0.669. The van der Waals surface area contributed by atoms with Crippen molar-refractivity contribution < 1.29 is 0 Å². The van der Waals surface area contributed by atoms with Crippen molar-refractivity contribution in [3.8, 4) is 6.07 Å². The molecule has 92 valence electrons. The molecule has 4 bridgehead atoms. The average molecular weight is 230 g/mol. The lowest BCUT2D eigenvalue weighted by Gasteiger charge is -2.55. The number of nitriles is 1. The molecule has 4 rings (SSSR count). The zero-order valence-corrected chi connectivity index (χ0v) is 10.7. The van der Waals surface area contributed by atoms with Gasteiger partial charge in [-0.25, -0.2) is 0 Å². The second-order valence-electron chi connectivity index (χ2n) is 6.22. The molecule has 0 heterocycles. The van der Waals surface area contributed by atoms with Gasteiger partial charge in [0, 0.05) is 24.2 Å². The van der Waals surface area contributed by atoms with Crippen LogP contribution in [0, 0.1) is 40.9 Å². The van der Waals surface area contributed by atoms with Gasteiger partial charge in [0.15, 0.2) is 0 Å². The van der Waals surface area contributed by atoms with Gasteiger partial charge < -0.3 is 5.32 Å². The van der Waals surface area contributed by atoms with E-state index in [9.17, 15) is 0 Å². The fraction of sp³-hybridized carbons (Fsp3) is 0.800. The molecule has 17 heavy (non-hydrogen) atoms. The fourth-order valence-electron chi connectivity index (χ4n) is 4.97. The van der Waals surface area contributed by atoms with Gasteiger partial charge in [-0.15, -0.1) is 0 Å². The molecule has 0 aromatic heterocycles. The first-order chi connectivity index (χ1) is 8.31. The van der Waals surface area contributed by atoms with E-state index in [0.29, 0.717) is 5.92 Å². The molecule has 0 aromatic carbocycles. The van der Waals surface area contributed by atoms with E-state index in [1.165, 1.54) is 37.8 Å². The van der Waals surface area contributed by atoms with Crippen LogP contribution in [0.5, 0.6) is 0 Å². The maximum atomic E-state index is 8.95. The Hall–Kier alpha value is -0.970. The van der Waals surface area contributed by atoms with E-state index >= 15 is 0 Å². The van der Waals surface area contributed by atoms with Crippen molar-refractivity contribution in [3.63, 3.8) is 0 Å². The van der Waals surface area contributed by atoms with Crippen molar-refractivity contribution in [2.45, 2.75) is 39.0 Å². The standard InChI is InChI=1S/C15H22N2/c1-2-17-14(3-4-16)15-12-6-10-5-11(8-12)9-13(15)7-10/h3,10-13,15,17H,2,5-9H2,1H3/b14-3-. The Morgan fingerprint density at radius 1 is 1.18 bits per heavy atom. The highest BCUT2D eigenvalue weighted by molar-refractivity contribution is 5.19. The first kappa shape index (κ1) is 11.1. The molecular formula is C15H22N2. The van der Waals surface area contributed by atoms with Crippen molar-refractivity contribution in [2.24, 2.45) is 29.6 Å². The van der Waals surface area contributed by atoms with Gasteiger partial charge in [-0.2, -0.15) is 5.26 Å². The highest BCUT2D eigenvalue weighted by Crippen LogP contribution is 2.57. The van der Waals surface area contributed by atoms with Crippen LogP contribution in [0.1, 0.15) is 39.0 Å². The van der Waals surface area contributed by atoms with Crippen LogP contribution in [0.2, 0.25) is 0 Å². The summed E-state index contributed by atoms with van der Waals surface area (Å²) < 4.78 is 0. The highest BCUT2D eigenvalue weighted by atomic mass is 14.9. The molecule has 0 unspecified atom stereocenters. The summed E-state index contributed by atoms with van der Waals surface area (Å²) in [5, 5.41) is 12.4. The van der Waals surface area contributed by atoms with Crippen LogP contribution in [-0.4, -0.2) is 6.54 Å². The lowest BCUT2D eigenvalue weighted by atomic mass is 9.51. The molecule has 4 aliphatic rings. The third kappa shape index (κ3) is 1.86. The topological polar surface area (TPSA) is 35.8 Å². The molecule has 0 saturated heterocycles. The predicted octanol–water partition coefficient (Wildman–Crippen LogP) is 3.08. The zero-order valence-electron chi connectivity index (χ0n) is 10.7. The van der Waals surface area contributed by atoms with Gasteiger partial charge in [0.2, 0.25) is 0 Å². The van der Waals surface area contributed by atoms with Crippen molar-refractivity contribution in [3.05, 3.63) is 11.8 Å². The van der Waals surface area contributed by atoms with Crippen LogP contribution in [0.15, 0.2) is 11.8 Å². The second-order valence-corrected chi connectivity index (χ2v) is 6.22. The van der Waals surface area contributed by atoms with Crippen molar-refractivity contribution >= 4 is 0 Å². The molecule has 0 spiro atoms. The Kier molecular flexibility index (Phi) is 2.86. The van der Waals surface area contributed by atoms with Crippen molar-refractivity contribution in [1.82, 2.24) is 5.32 Å². The van der Waals surface area contributed by atoms with E-state index in [0.717, 1.165) is 30.2 Å². The maximum Gasteiger partial charge on any atom is 0.0930 e. The summed E-state index contributed by atoms with van der Waals surface area (Å²) in [7, 11) is 0.